The van der Waals surface area contributed by atoms with Crippen molar-refractivity contribution in [3.05, 3.63) is 115 Å². The molecular formula is C36H7F7N8. The Hall–Kier alpha value is -7.95. The van der Waals surface area contributed by atoms with Crippen molar-refractivity contribution in [3.8, 4) is 48.6 Å². The summed E-state index contributed by atoms with van der Waals surface area (Å²) >= 11 is 0. The van der Waals surface area contributed by atoms with Crippen molar-refractivity contribution in [2.45, 2.75) is 12.4 Å². The maximum Gasteiger partial charge on any atom is 0.417 e. The molecular weight excluding hydrogens is 677 g/mol. The number of nitriles is 8. The Bertz CT molecular complexity index is 2620. The minimum atomic E-state index is -5.10. The van der Waals surface area contributed by atoms with Crippen LogP contribution in [0.5, 0.6) is 0 Å². The van der Waals surface area contributed by atoms with Gasteiger partial charge in [-0.1, -0.05) is 12.1 Å². The first-order valence-corrected chi connectivity index (χ1v) is 13.7. The second kappa shape index (κ2) is 12.3. The van der Waals surface area contributed by atoms with Gasteiger partial charge in [-0.05, 0) is 52.6 Å². The third-order valence-corrected chi connectivity index (χ3v) is 7.94. The quantitative estimate of drug-likeness (QED) is 0.191. The van der Waals surface area contributed by atoms with E-state index in [0.717, 1.165) is 30.3 Å². The lowest BCUT2D eigenvalue weighted by Gasteiger charge is -2.14. The van der Waals surface area contributed by atoms with Crippen LogP contribution in [0.2, 0.25) is 0 Å². The van der Waals surface area contributed by atoms with E-state index in [1.165, 1.54) is 12.1 Å². The van der Waals surface area contributed by atoms with Gasteiger partial charge < -0.3 is 0 Å². The fourth-order valence-corrected chi connectivity index (χ4v) is 5.97. The normalized spacial score (nSPS) is 13.0. The van der Waals surface area contributed by atoms with E-state index in [1.54, 1.807) is 36.4 Å². The Balaban J connectivity index is 1.97. The number of hydrogen-bond acceptors (Lipinski definition) is 8. The Morgan fingerprint density at radius 1 is 0.490 bits per heavy atom. The van der Waals surface area contributed by atoms with Crippen LogP contribution >= 0.6 is 0 Å². The van der Waals surface area contributed by atoms with Crippen LogP contribution in [-0.2, 0) is 12.4 Å². The average molecular weight is 684 g/mol. The molecule has 0 saturated carbocycles. The molecule has 0 amide bonds. The molecule has 3 aromatic rings. The SMILES string of the molecule is N#CC(C#N)=C1C(c2ccc(C(F)(F)F)c(C#N)c2)=C(C#N)c2c1cc1c(c2F)C(C#N)=C(c2ccc(C#N)c(C(F)(F)F)c2)C1=C(C#N)C#N. The standard InChI is InChI=1S/C36H7F7N8/c37-34-32-22(30(20(10-46)11-47)28(24(32)14-50)16-3-4-26(35(38,39)40)19(5-16)9-45)7-23-31(21(12-48)13-49)29(25(15-51)33(23)34)17-1-2-18(8-44)27(6-17)36(41,42)43/h1-7H. The second-order valence-corrected chi connectivity index (χ2v) is 10.4. The smallest absolute Gasteiger partial charge is 0.206 e. The summed E-state index contributed by atoms with van der Waals surface area (Å²) in [6.07, 6.45) is -10.1. The molecule has 0 unspecified atom stereocenters. The van der Waals surface area contributed by atoms with Gasteiger partial charge in [0.05, 0.1) is 45.5 Å². The largest absolute Gasteiger partial charge is 0.417 e. The fourth-order valence-electron chi connectivity index (χ4n) is 5.97. The summed E-state index contributed by atoms with van der Waals surface area (Å²) in [5.41, 5.74) is -12.4. The predicted molar refractivity (Wildman–Crippen MR) is 160 cm³/mol. The summed E-state index contributed by atoms with van der Waals surface area (Å²) in [5, 5.41) is 78.8. The molecule has 0 aromatic heterocycles. The molecule has 2 aliphatic rings. The van der Waals surface area contributed by atoms with Gasteiger partial charge in [-0.2, -0.15) is 68.4 Å². The van der Waals surface area contributed by atoms with Crippen molar-refractivity contribution in [3.63, 3.8) is 0 Å². The van der Waals surface area contributed by atoms with Crippen LogP contribution in [0.4, 0.5) is 30.7 Å². The number of allylic oxidation sites excluding steroid dienone is 8. The Kier molecular flexibility index (Phi) is 8.26. The van der Waals surface area contributed by atoms with E-state index in [1.807, 2.05) is 0 Å². The lowest BCUT2D eigenvalue weighted by Crippen LogP contribution is -2.08. The highest BCUT2D eigenvalue weighted by Crippen LogP contribution is 2.56. The first kappa shape index (κ1) is 34.4. The number of nitrogens with zero attached hydrogens (tertiary/aromatic N) is 8. The van der Waals surface area contributed by atoms with Crippen LogP contribution in [0, 0.1) is 96.5 Å². The van der Waals surface area contributed by atoms with Gasteiger partial charge >= 0.3 is 12.4 Å². The number of halogens is 7. The molecule has 15 heteroatoms. The van der Waals surface area contributed by atoms with Gasteiger partial charge in [-0.25, -0.2) is 4.39 Å². The lowest BCUT2D eigenvalue weighted by molar-refractivity contribution is -0.138. The van der Waals surface area contributed by atoms with Crippen LogP contribution in [0.1, 0.15) is 55.6 Å². The molecule has 5 rings (SSSR count). The minimum Gasteiger partial charge on any atom is -0.206 e. The Labute approximate surface area is 282 Å². The van der Waals surface area contributed by atoms with Crippen molar-refractivity contribution in [2.24, 2.45) is 0 Å². The maximum absolute atomic E-state index is 17.0. The van der Waals surface area contributed by atoms with Gasteiger partial charge in [-0.15, -0.1) is 0 Å². The molecule has 0 N–H and O–H groups in total. The molecule has 240 valence electrons. The monoisotopic (exact) mass is 684 g/mol. The van der Waals surface area contributed by atoms with Gasteiger partial charge in [0.1, 0.15) is 53.4 Å². The molecule has 0 heterocycles. The summed E-state index contributed by atoms with van der Waals surface area (Å²) in [4.78, 5) is 0. The van der Waals surface area contributed by atoms with Gasteiger partial charge in [0, 0.05) is 33.4 Å². The van der Waals surface area contributed by atoms with Crippen molar-refractivity contribution < 1.29 is 30.7 Å². The molecule has 8 nitrogen and oxygen atoms in total. The summed E-state index contributed by atoms with van der Waals surface area (Å²) in [6.45, 7) is 0. The van der Waals surface area contributed by atoms with Crippen LogP contribution in [0.15, 0.2) is 53.6 Å². The van der Waals surface area contributed by atoms with E-state index in [0.29, 0.717) is 12.1 Å². The number of fused-ring (bicyclic) bond motifs is 2. The molecule has 51 heavy (non-hydrogen) atoms. The maximum atomic E-state index is 17.0. The molecule has 0 atom stereocenters. The van der Waals surface area contributed by atoms with E-state index in [-0.39, 0.29) is 5.56 Å². The van der Waals surface area contributed by atoms with Crippen molar-refractivity contribution in [1.29, 1.82) is 42.1 Å². The van der Waals surface area contributed by atoms with E-state index in [9.17, 15) is 68.4 Å². The van der Waals surface area contributed by atoms with Crippen LogP contribution in [0.3, 0.4) is 0 Å². The third kappa shape index (κ3) is 5.19. The van der Waals surface area contributed by atoms with Crippen molar-refractivity contribution in [2.75, 3.05) is 0 Å². The predicted octanol–water partition coefficient (Wildman–Crippen LogP) is 8.10. The van der Waals surface area contributed by atoms with E-state index >= 15 is 4.39 Å². The first-order chi connectivity index (χ1) is 24.2. The van der Waals surface area contributed by atoms with Gasteiger partial charge in [0.15, 0.2) is 0 Å². The molecule has 2 aliphatic carbocycles. The highest BCUT2D eigenvalue weighted by molar-refractivity contribution is 6.30. The van der Waals surface area contributed by atoms with E-state index in [4.69, 9.17) is 0 Å². The average Bonchev–Trinajstić information content (AvgIpc) is 3.61. The molecule has 3 aromatic carbocycles. The highest BCUT2D eigenvalue weighted by Gasteiger charge is 2.42. The minimum absolute atomic E-state index is 0.315. The molecule has 0 radical (unpaired) electrons. The Morgan fingerprint density at radius 2 is 0.922 bits per heavy atom. The topological polar surface area (TPSA) is 190 Å². The van der Waals surface area contributed by atoms with Gasteiger partial charge in [-0.3, -0.25) is 0 Å². The second-order valence-electron chi connectivity index (χ2n) is 10.4. The van der Waals surface area contributed by atoms with Crippen molar-refractivity contribution >= 4 is 33.4 Å². The van der Waals surface area contributed by atoms with Crippen molar-refractivity contribution in [1.82, 2.24) is 0 Å². The van der Waals surface area contributed by atoms with Crippen LogP contribution < -0.4 is 0 Å². The zero-order valence-electron chi connectivity index (χ0n) is 24.8. The Morgan fingerprint density at radius 3 is 1.31 bits per heavy atom. The van der Waals surface area contributed by atoms with E-state index < -0.39 is 113 Å². The van der Waals surface area contributed by atoms with Gasteiger partial charge in [0.25, 0.3) is 0 Å². The van der Waals surface area contributed by atoms with Crippen LogP contribution in [0.25, 0.3) is 33.4 Å². The zero-order valence-corrected chi connectivity index (χ0v) is 24.8. The van der Waals surface area contributed by atoms with Crippen LogP contribution in [-0.4, -0.2) is 0 Å². The third-order valence-electron chi connectivity index (χ3n) is 7.94. The summed E-state index contributed by atoms with van der Waals surface area (Å²) in [5.74, 6) is -1.42. The first-order valence-electron chi connectivity index (χ1n) is 13.7. The summed E-state index contributed by atoms with van der Waals surface area (Å²) in [7, 11) is 0. The molecule has 0 bridgehead atoms. The molecule has 0 aliphatic heterocycles. The van der Waals surface area contributed by atoms with E-state index in [2.05, 4.69) is 0 Å². The molecule has 0 saturated heterocycles. The molecule has 0 fully saturated rings. The molecule has 0 spiro atoms. The van der Waals surface area contributed by atoms with Gasteiger partial charge in [0.2, 0.25) is 0 Å². The fraction of sp³-hybridized carbons (Fsp3) is 0.0556. The number of benzene rings is 3. The zero-order chi connectivity index (χ0) is 37.6. The number of hydrogen-bond donors (Lipinski definition) is 0. The summed E-state index contributed by atoms with van der Waals surface area (Å²) in [6, 6.07) is 17.6. The highest BCUT2D eigenvalue weighted by atomic mass is 19.4. The lowest BCUT2D eigenvalue weighted by atomic mass is 9.88. The number of rotatable bonds is 2. The number of alkyl halides is 6. The summed E-state index contributed by atoms with van der Waals surface area (Å²) < 4.78 is 99.6.